The molecule has 120 valence electrons. The van der Waals surface area contributed by atoms with Crippen LogP contribution < -0.4 is 5.32 Å². The van der Waals surface area contributed by atoms with Crippen LogP contribution in [-0.2, 0) is 19.5 Å². The first-order chi connectivity index (χ1) is 11.3. The molecule has 0 atom stereocenters. The topological polar surface area (TPSA) is 81.4 Å². The molecular formula is C14H17N7S2. The van der Waals surface area contributed by atoms with Crippen LogP contribution in [0.2, 0.25) is 0 Å². The Balaban J connectivity index is 1.58. The van der Waals surface area contributed by atoms with Crippen LogP contribution in [0.4, 0.5) is 5.82 Å². The standard InChI is InChI=1S/C14H17N7S2/c1-22-14-18-13-11(23-14)12(16-8-17-13)15-7-10-20-19-9-5-3-2-4-6-21(9)10/h8H,2-7H2,1H3,(H,15,16,17). The van der Waals surface area contributed by atoms with Gasteiger partial charge in [-0.15, -0.1) is 21.5 Å². The molecule has 0 saturated carbocycles. The number of thiazole rings is 1. The van der Waals surface area contributed by atoms with Crippen molar-refractivity contribution in [1.29, 1.82) is 0 Å². The van der Waals surface area contributed by atoms with Crippen LogP contribution in [0.1, 0.15) is 30.9 Å². The maximum Gasteiger partial charge on any atom is 0.176 e. The Morgan fingerprint density at radius 3 is 3.13 bits per heavy atom. The zero-order valence-corrected chi connectivity index (χ0v) is 14.5. The molecule has 0 saturated heterocycles. The zero-order valence-electron chi connectivity index (χ0n) is 12.8. The number of nitrogens with one attached hydrogen (secondary N) is 1. The third kappa shape index (κ3) is 2.90. The second-order valence-electron chi connectivity index (χ2n) is 5.41. The van der Waals surface area contributed by atoms with Gasteiger partial charge in [0.05, 0.1) is 6.54 Å². The second kappa shape index (κ2) is 6.40. The summed E-state index contributed by atoms with van der Waals surface area (Å²) in [7, 11) is 0. The molecule has 0 amide bonds. The molecule has 4 heterocycles. The SMILES string of the molecule is CSc1nc2ncnc(NCc3nnc4n3CCCCC4)c2s1. The molecule has 0 fully saturated rings. The Kier molecular flexibility index (Phi) is 4.13. The fraction of sp³-hybridized carbons (Fsp3) is 0.500. The van der Waals surface area contributed by atoms with Gasteiger partial charge in [0.15, 0.2) is 15.8 Å². The van der Waals surface area contributed by atoms with E-state index in [1.165, 1.54) is 19.3 Å². The molecular weight excluding hydrogens is 330 g/mol. The summed E-state index contributed by atoms with van der Waals surface area (Å²) in [5.41, 5.74) is 0.747. The largest absolute Gasteiger partial charge is 0.361 e. The van der Waals surface area contributed by atoms with Crippen molar-refractivity contribution >= 4 is 39.3 Å². The molecule has 0 bridgehead atoms. The third-order valence-electron chi connectivity index (χ3n) is 3.95. The monoisotopic (exact) mass is 347 g/mol. The predicted molar refractivity (Wildman–Crippen MR) is 91.9 cm³/mol. The second-order valence-corrected chi connectivity index (χ2v) is 7.46. The first kappa shape index (κ1) is 14.8. The fourth-order valence-electron chi connectivity index (χ4n) is 2.79. The molecule has 3 aromatic rings. The summed E-state index contributed by atoms with van der Waals surface area (Å²) in [6.45, 7) is 1.63. The number of aryl methyl sites for hydroxylation is 1. The molecule has 0 spiro atoms. The van der Waals surface area contributed by atoms with Gasteiger partial charge in [-0.2, -0.15) is 0 Å². The highest BCUT2D eigenvalue weighted by atomic mass is 32.2. The van der Waals surface area contributed by atoms with E-state index in [2.05, 4.69) is 35.0 Å². The lowest BCUT2D eigenvalue weighted by Crippen LogP contribution is -2.11. The van der Waals surface area contributed by atoms with Crippen LogP contribution in [0.5, 0.6) is 0 Å². The van der Waals surface area contributed by atoms with Gasteiger partial charge in [-0.25, -0.2) is 15.0 Å². The summed E-state index contributed by atoms with van der Waals surface area (Å²) < 4.78 is 4.24. The average Bonchev–Trinajstić information content (AvgIpc) is 3.10. The molecule has 4 rings (SSSR count). The Morgan fingerprint density at radius 2 is 2.22 bits per heavy atom. The first-order valence-corrected chi connectivity index (χ1v) is 9.69. The summed E-state index contributed by atoms with van der Waals surface area (Å²) in [5, 5.41) is 12.1. The van der Waals surface area contributed by atoms with E-state index in [-0.39, 0.29) is 0 Å². The Morgan fingerprint density at radius 1 is 1.26 bits per heavy atom. The number of aromatic nitrogens is 6. The van der Waals surface area contributed by atoms with Crippen molar-refractivity contribution in [3.8, 4) is 0 Å². The van der Waals surface area contributed by atoms with Gasteiger partial charge >= 0.3 is 0 Å². The number of nitrogens with zero attached hydrogens (tertiary/aromatic N) is 6. The Hall–Kier alpha value is -1.74. The minimum absolute atomic E-state index is 0.617. The first-order valence-electron chi connectivity index (χ1n) is 7.65. The van der Waals surface area contributed by atoms with Crippen LogP contribution in [0.15, 0.2) is 10.7 Å². The summed E-state index contributed by atoms with van der Waals surface area (Å²) in [5.74, 6) is 2.90. The summed E-state index contributed by atoms with van der Waals surface area (Å²) in [6.07, 6.45) is 8.26. The van der Waals surface area contributed by atoms with Gasteiger partial charge in [0, 0.05) is 13.0 Å². The normalized spacial score (nSPS) is 14.7. The maximum atomic E-state index is 4.48. The smallest absolute Gasteiger partial charge is 0.176 e. The number of hydrogen-bond donors (Lipinski definition) is 1. The van der Waals surface area contributed by atoms with E-state index >= 15 is 0 Å². The molecule has 3 aromatic heterocycles. The highest BCUT2D eigenvalue weighted by Crippen LogP contribution is 2.31. The van der Waals surface area contributed by atoms with E-state index in [4.69, 9.17) is 0 Å². The van der Waals surface area contributed by atoms with E-state index in [0.29, 0.717) is 6.54 Å². The Labute approximate surface area is 142 Å². The maximum absolute atomic E-state index is 4.48. The van der Waals surface area contributed by atoms with Crippen molar-refractivity contribution in [3.63, 3.8) is 0 Å². The minimum atomic E-state index is 0.617. The molecule has 0 aliphatic carbocycles. The van der Waals surface area contributed by atoms with Crippen LogP contribution in [-0.4, -0.2) is 36.0 Å². The molecule has 1 aliphatic heterocycles. The minimum Gasteiger partial charge on any atom is -0.361 e. The van der Waals surface area contributed by atoms with Crippen molar-refractivity contribution in [2.24, 2.45) is 0 Å². The van der Waals surface area contributed by atoms with E-state index in [9.17, 15) is 0 Å². The number of hydrogen-bond acceptors (Lipinski definition) is 8. The fourth-order valence-corrected chi connectivity index (χ4v) is 4.27. The van der Waals surface area contributed by atoms with E-state index in [1.54, 1.807) is 29.4 Å². The molecule has 23 heavy (non-hydrogen) atoms. The number of rotatable bonds is 4. The van der Waals surface area contributed by atoms with Gasteiger partial charge in [0.2, 0.25) is 0 Å². The van der Waals surface area contributed by atoms with Crippen LogP contribution in [0, 0.1) is 0 Å². The quantitative estimate of drug-likeness (QED) is 0.727. The Bertz CT molecular complexity index is 826. The molecule has 0 aromatic carbocycles. The summed E-state index contributed by atoms with van der Waals surface area (Å²) >= 11 is 3.24. The highest BCUT2D eigenvalue weighted by Gasteiger charge is 2.15. The number of anilines is 1. The van der Waals surface area contributed by atoms with Gasteiger partial charge in [-0.1, -0.05) is 18.2 Å². The van der Waals surface area contributed by atoms with E-state index < -0.39 is 0 Å². The number of thioether (sulfide) groups is 1. The van der Waals surface area contributed by atoms with Crippen molar-refractivity contribution in [3.05, 3.63) is 18.0 Å². The third-order valence-corrected chi connectivity index (χ3v) is 5.98. The molecule has 1 N–H and O–H groups in total. The van der Waals surface area contributed by atoms with Gasteiger partial charge in [0.1, 0.15) is 22.7 Å². The molecule has 0 radical (unpaired) electrons. The van der Waals surface area contributed by atoms with Crippen molar-refractivity contribution in [2.45, 2.75) is 43.1 Å². The van der Waals surface area contributed by atoms with Gasteiger partial charge < -0.3 is 9.88 Å². The summed E-state index contributed by atoms with van der Waals surface area (Å²) in [6, 6.07) is 0. The number of fused-ring (bicyclic) bond motifs is 2. The van der Waals surface area contributed by atoms with Gasteiger partial charge in [-0.05, 0) is 19.1 Å². The zero-order chi connectivity index (χ0) is 15.6. The van der Waals surface area contributed by atoms with Crippen molar-refractivity contribution < 1.29 is 0 Å². The van der Waals surface area contributed by atoms with Crippen molar-refractivity contribution in [2.75, 3.05) is 11.6 Å². The van der Waals surface area contributed by atoms with Crippen molar-refractivity contribution in [1.82, 2.24) is 29.7 Å². The molecule has 9 heteroatoms. The average molecular weight is 347 g/mol. The van der Waals surface area contributed by atoms with Gasteiger partial charge in [0.25, 0.3) is 0 Å². The van der Waals surface area contributed by atoms with Crippen LogP contribution in [0.3, 0.4) is 0 Å². The van der Waals surface area contributed by atoms with E-state index in [1.807, 2.05) is 6.26 Å². The van der Waals surface area contributed by atoms with Gasteiger partial charge in [-0.3, -0.25) is 0 Å². The molecule has 7 nitrogen and oxygen atoms in total. The van der Waals surface area contributed by atoms with Crippen LogP contribution >= 0.6 is 23.1 Å². The predicted octanol–water partition coefficient (Wildman–Crippen LogP) is 2.74. The summed E-state index contributed by atoms with van der Waals surface area (Å²) in [4.78, 5) is 13.1. The lowest BCUT2D eigenvalue weighted by molar-refractivity contribution is 0.610. The van der Waals surface area contributed by atoms with E-state index in [0.717, 1.165) is 45.1 Å². The van der Waals surface area contributed by atoms with Crippen LogP contribution in [0.25, 0.3) is 10.3 Å². The lowest BCUT2D eigenvalue weighted by Gasteiger charge is -2.08. The molecule has 1 aliphatic rings. The highest BCUT2D eigenvalue weighted by molar-refractivity contribution is 8.00. The lowest BCUT2D eigenvalue weighted by atomic mass is 10.2. The molecule has 0 unspecified atom stereocenters.